The molecule has 1 aliphatic heterocycles. The third-order valence-corrected chi connectivity index (χ3v) is 4.02. The number of rotatable bonds is 5. The zero-order valence-electron chi connectivity index (χ0n) is 14.7. The van der Waals surface area contributed by atoms with Crippen molar-refractivity contribution in [2.75, 3.05) is 20.1 Å². The second kappa shape index (κ2) is 7.03. The van der Waals surface area contributed by atoms with E-state index in [-0.39, 0.29) is 23.7 Å². The number of hydrogen-bond donors (Lipinski definition) is 0. The van der Waals surface area contributed by atoms with Gasteiger partial charge in [0.25, 0.3) is 0 Å². The van der Waals surface area contributed by atoms with Crippen LogP contribution in [-0.4, -0.2) is 47.6 Å². The van der Waals surface area contributed by atoms with E-state index in [0.29, 0.717) is 13.1 Å². The summed E-state index contributed by atoms with van der Waals surface area (Å²) in [6.07, 6.45) is -4.42. The van der Waals surface area contributed by atoms with Crippen LogP contribution in [0.5, 0.6) is 0 Å². The zero-order valence-corrected chi connectivity index (χ0v) is 14.7. The first-order chi connectivity index (χ1) is 11.6. The molecule has 1 aliphatic rings. The highest BCUT2D eigenvalue weighted by Crippen LogP contribution is 2.32. The lowest BCUT2D eigenvalue weighted by atomic mass is 10.1. The Kier molecular flexibility index (Phi) is 5.41. The molecule has 0 spiro atoms. The van der Waals surface area contributed by atoms with Crippen molar-refractivity contribution in [3.63, 3.8) is 0 Å². The van der Waals surface area contributed by atoms with Crippen molar-refractivity contribution in [2.24, 2.45) is 4.99 Å². The summed E-state index contributed by atoms with van der Waals surface area (Å²) in [5, 5.41) is 1.31. The molecule has 5 nitrogen and oxygen atoms in total. The predicted octanol–water partition coefficient (Wildman–Crippen LogP) is 3.30. The fourth-order valence-electron chi connectivity index (χ4n) is 2.77. The Morgan fingerprint density at radius 2 is 1.96 bits per heavy atom. The Morgan fingerprint density at radius 3 is 2.52 bits per heavy atom. The molecule has 2 rings (SSSR count). The van der Waals surface area contributed by atoms with Crippen molar-refractivity contribution in [1.29, 1.82) is 0 Å². The average Bonchev–Trinajstić information content (AvgIpc) is 2.82. The van der Waals surface area contributed by atoms with E-state index in [1.54, 1.807) is 18.9 Å². The van der Waals surface area contributed by atoms with Gasteiger partial charge >= 0.3 is 6.18 Å². The van der Waals surface area contributed by atoms with Gasteiger partial charge in [-0.1, -0.05) is 12.1 Å². The van der Waals surface area contributed by atoms with Crippen LogP contribution < -0.4 is 0 Å². The number of hydroxylamine groups is 2. The topological polar surface area (TPSA) is 45.1 Å². The van der Waals surface area contributed by atoms with Crippen LogP contribution in [0.3, 0.4) is 0 Å². The quantitative estimate of drug-likeness (QED) is 0.812. The lowest BCUT2D eigenvalue weighted by Crippen LogP contribution is -2.38. The molecule has 8 heteroatoms. The van der Waals surface area contributed by atoms with E-state index in [9.17, 15) is 18.0 Å². The van der Waals surface area contributed by atoms with Gasteiger partial charge in [-0.25, -0.2) is 14.9 Å². The number of benzene rings is 1. The first kappa shape index (κ1) is 19.2. The predicted molar refractivity (Wildman–Crippen MR) is 87.8 cm³/mol. The standard InChI is InChI=1S/C17H22F3N3O2/c1-5-23(6-2)14(24)11-16(3)21-15(22(4)25-16)12-8-7-9-13(10-12)17(18,19)20/h7-10H,5-6,11H2,1-4H3. The monoisotopic (exact) mass is 357 g/mol. The second-order valence-electron chi connectivity index (χ2n) is 6.02. The molecule has 1 aromatic carbocycles. The van der Waals surface area contributed by atoms with Gasteiger partial charge in [0.15, 0.2) is 11.6 Å². The van der Waals surface area contributed by atoms with Gasteiger partial charge in [0.05, 0.1) is 12.0 Å². The van der Waals surface area contributed by atoms with E-state index >= 15 is 0 Å². The molecule has 1 unspecified atom stereocenters. The number of carbonyl (C=O) groups excluding carboxylic acids is 1. The average molecular weight is 357 g/mol. The molecular weight excluding hydrogens is 335 g/mol. The number of carbonyl (C=O) groups is 1. The number of aliphatic imine (C=N–C) groups is 1. The van der Waals surface area contributed by atoms with E-state index in [1.165, 1.54) is 17.2 Å². The normalized spacial score (nSPS) is 20.6. The minimum absolute atomic E-state index is 0.0154. The van der Waals surface area contributed by atoms with Crippen molar-refractivity contribution in [3.05, 3.63) is 35.4 Å². The Hall–Kier alpha value is -2.09. The summed E-state index contributed by atoms with van der Waals surface area (Å²) in [4.78, 5) is 24.0. The Bertz CT molecular complexity index is 671. The summed E-state index contributed by atoms with van der Waals surface area (Å²) < 4.78 is 38.7. The molecule has 0 aromatic heterocycles. The highest BCUT2D eigenvalue weighted by molar-refractivity contribution is 5.99. The summed E-state index contributed by atoms with van der Waals surface area (Å²) >= 11 is 0. The minimum atomic E-state index is -4.43. The fraction of sp³-hybridized carbons (Fsp3) is 0.529. The van der Waals surface area contributed by atoms with Gasteiger partial charge < -0.3 is 4.90 Å². The van der Waals surface area contributed by atoms with Gasteiger partial charge in [0.2, 0.25) is 5.91 Å². The molecule has 1 amide bonds. The Labute approximate surface area is 145 Å². The van der Waals surface area contributed by atoms with Crippen LogP contribution in [0.4, 0.5) is 13.2 Å². The largest absolute Gasteiger partial charge is 0.416 e. The van der Waals surface area contributed by atoms with Gasteiger partial charge in [0, 0.05) is 25.7 Å². The number of nitrogens with zero attached hydrogens (tertiary/aromatic N) is 3. The van der Waals surface area contributed by atoms with Crippen LogP contribution >= 0.6 is 0 Å². The SMILES string of the molecule is CCN(CC)C(=O)CC1(C)N=C(c2cccc(C(F)(F)F)c2)N(C)O1. The van der Waals surface area contributed by atoms with Crippen LogP contribution in [0.25, 0.3) is 0 Å². The number of hydrogen-bond acceptors (Lipinski definition) is 4. The molecule has 1 aromatic rings. The van der Waals surface area contributed by atoms with E-state index < -0.39 is 17.5 Å². The molecule has 138 valence electrons. The van der Waals surface area contributed by atoms with Crippen LogP contribution in [0.15, 0.2) is 29.3 Å². The van der Waals surface area contributed by atoms with Crippen molar-refractivity contribution in [2.45, 2.75) is 39.1 Å². The third-order valence-electron chi connectivity index (χ3n) is 4.02. The van der Waals surface area contributed by atoms with E-state index in [4.69, 9.17) is 4.84 Å². The maximum absolute atomic E-state index is 12.9. The molecular formula is C17H22F3N3O2. The molecule has 0 aliphatic carbocycles. The minimum Gasteiger partial charge on any atom is -0.343 e. The van der Waals surface area contributed by atoms with Gasteiger partial charge in [-0.3, -0.25) is 4.79 Å². The highest BCUT2D eigenvalue weighted by Gasteiger charge is 2.39. The fourth-order valence-corrected chi connectivity index (χ4v) is 2.77. The summed E-state index contributed by atoms with van der Waals surface area (Å²) in [6, 6.07) is 4.89. The van der Waals surface area contributed by atoms with Crippen molar-refractivity contribution in [1.82, 2.24) is 9.96 Å². The Balaban J connectivity index is 2.28. The number of halogens is 3. The molecule has 0 saturated heterocycles. The van der Waals surface area contributed by atoms with E-state index in [2.05, 4.69) is 4.99 Å². The highest BCUT2D eigenvalue weighted by atomic mass is 19.4. The van der Waals surface area contributed by atoms with E-state index in [1.807, 2.05) is 13.8 Å². The molecule has 1 heterocycles. The van der Waals surface area contributed by atoms with Gasteiger partial charge in [-0.05, 0) is 32.9 Å². The molecule has 0 saturated carbocycles. The third kappa shape index (κ3) is 4.31. The summed E-state index contributed by atoms with van der Waals surface area (Å²) in [6.45, 7) is 6.55. The first-order valence-electron chi connectivity index (χ1n) is 8.07. The number of alkyl halides is 3. The molecule has 1 atom stereocenters. The van der Waals surface area contributed by atoms with Gasteiger partial charge in [-0.15, -0.1) is 0 Å². The molecule has 0 bridgehead atoms. The van der Waals surface area contributed by atoms with Gasteiger partial charge in [-0.2, -0.15) is 13.2 Å². The molecule has 0 radical (unpaired) electrons. The summed E-state index contributed by atoms with van der Waals surface area (Å²) in [5.74, 6) is 0.149. The van der Waals surface area contributed by atoms with Gasteiger partial charge in [0.1, 0.15) is 0 Å². The number of amidine groups is 1. The van der Waals surface area contributed by atoms with Crippen LogP contribution in [0, 0.1) is 0 Å². The van der Waals surface area contributed by atoms with Crippen molar-refractivity contribution >= 4 is 11.7 Å². The number of amides is 1. The summed E-state index contributed by atoms with van der Waals surface area (Å²) in [5.41, 5.74) is -1.61. The summed E-state index contributed by atoms with van der Waals surface area (Å²) in [7, 11) is 1.56. The maximum Gasteiger partial charge on any atom is 0.416 e. The molecule has 0 fully saturated rings. The maximum atomic E-state index is 12.9. The van der Waals surface area contributed by atoms with Crippen molar-refractivity contribution < 1.29 is 22.8 Å². The smallest absolute Gasteiger partial charge is 0.343 e. The van der Waals surface area contributed by atoms with Crippen LogP contribution in [0.2, 0.25) is 0 Å². The lowest BCUT2D eigenvalue weighted by Gasteiger charge is -2.25. The molecule has 0 N–H and O–H groups in total. The lowest BCUT2D eigenvalue weighted by molar-refractivity contribution is -0.170. The second-order valence-corrected chi connectivity index (χ2v) is 6.02. The Morgan fingerprint density at radius 1 is 1.32 bits per heavy atom. The molecule has 25 heavy (non-hydrogen) atoms. The first-order valence-corrected chi connectivity index (χ1v) is 8.07. The van der Waals surface area contributed by atoms with E-state index in [0.717, 1.165) is 12.1 Å². The van der Waals surface area contributed by atoms with Crippen LogP contribution in [-0.2, 0) is 15.8 Å². The zero-order chi connectivity index (χ0) is 18.8. The van der Waals surface area contributed by atoms with Crippen LogP contribution in [0.1, 0.15) is 38.3 Å². The van der Waals surface area contributed by atoms with Crippen molar-refractivity contribution in [3.8, 4) is 0 Å².